The number of ketones is 1. The van der Waals surface area contributed by atoms with Gasteiger partial charge in [-0.25, -0.2) is 4.79 Å². The van der Waals surface area contributed by atoms with Crippen LogP contribution in [0, 0.1) is 0 Å². The molecule has 0 bridgehead atoms. The van der Waals surface area contributed by atoms with Crippen LogP contribution in [0.5, 0.6) is 0 Å². The van der Waals surface area contributed by atoms with E-state index < -0.39 is 12.1 Å². The number of urea groups is 1. The van der Waals surface area contributed by atoms with Crippen molar-refractivity contribution in [1.29, 1.82) is 0 Å². The highest BCUT2D eigenvalue weighted by Crippen LogP contribution is 2.25. The highest BCUT2D eigenvalue weighted by molar-refractivity contribution is 5.94. The van der Waals surface area contributed by atoms with E-state index >= 15 is 0 Å². The zero-order valence-electron chi connectivity index (χ0n) is 14.9. The average molecular weight is 358 g/mol. The number of benzene rings is 1. The minimum absolute atomic E-state index is 0.0552. The van der Waals surface area contributed by atoms with E-state index in [1.165, 1.54) is 0 Å². The van der Waals surface area contributed by atoms with Crippen molar-refractivity contribution in [2.24, 2.45) is 5.73 Å². The second-order valence-corrected chi connectivity index (χ2v) is 6.86. The maximum absolute atomic E-state index is 13.0. The van der Waals surface area contributed by atoms with Crippen molar-refractivity contribution in [2.75, 3.05) is 19.6 Å². The Labute approximate surface area is 153 Å². The van der Waals surface area contributed by atoms with E-state index in [0.29, 0.717) is 32.5 Å². The molecule has 2 aliphatic heterocycles. The first kappa shape index (κ1) is 18.4. The summed E-state index contributed by atoms with van der Waals surface area (Å²) < 4.78 is 0. The molecular formula is C19H26N4O3. The van der Waals surface area contributed by atoms with Crippen molar-refractivity contribution < 1.29 is 14.4 Å². The van der Waals surface area contributed by atoms with Crippen molar-refractivity contribution in [3.05, 3.63) is 35.9 Å². The Hall–Kier alpha value is -2.41. The van der Waals surface area contributed by atoms with E-state index in [1.54, 1.807) is 9.80 Å². The van der Waals surface area contributed by atoms with E-state index in [9.17, 15) is 14.4 Å². The highest BCUT2D eigenvalue weighted by atomic mass is 16.2. The van der Waals surface area contributed by atoms with Crippen molar-refractivity contribution in [3.63, 3.8) is 0 Å². The van der Waals surface area contributed by atoms with Crippen LogP contribution in [0.1, 0.15) is 31.2 Å². The zero-order valence-corrected chi connectivity index (χ0v) is 14.9. The van der Waals surface area contributed by atoms with Crippen LogP contribution in [0.15, 0.2) is 30.3 Å². The van der Waals surface area contributed by atoms with Gasteiger partial charge in [-0.2, -0.15) is 0 Å². The first-order chi connectivity index (χ1) is 12.6. The Bertz CT molecular complexity index is 664. The number of likely N-dealkylation sites (tertiary alicyclic amines) is 2. The number of carbonyl (C=O) groups excluding carboxylic acids is 3. The third-order valence-corrected chi connectivity index (χ3v) is 5.19. The monoisotopic (exact) mass is 358 g/mol. The minimum atomic E-state index is -0.489. The number of nitrogens with one attached hydrogen (secondary N) is 1. The molecule has 140 valence electrons. The summed E-state index contributed by atoms with van der Waals surface area (Å²) in [6, 6.07) is 8.51. The van der Waals surface area contributed by atoms with Gasteiger partial charge < -0.3 is 20.9 Å². The van der Waals surface area contributed by atoms with Crippen LogP contribution in [0.4, 0.5) is 4.79 Å². The number of nitrogens with two attached hydrogens (primary N) is 1. The Morgan fingerprint density at radius 2 is 1.65 bits per heavy atom. The summed E-state index contributed by atoms with van der Waals surface area (Å²) in [6.45, 7) is 1.49. The van der Waals surface area contributed by atoms with E-state index in [1.807, 2.05) is 30.3 Å². The smallest absolute Gasteiger partial charge is 0.318 e. The number of hydrogen-bond donors (Lipinski definition) is 2. The summed E-state index contributed by atoms with van der Waals surface area (Å²) in [5, 5.41) is 2.89. The molecule has 0 unspecified atom stereocenters. The normalized spacial score (nSPS) is 22.5. The molecule has 2 aliphatic rings. The summed E-state index contributed by atoms with van der Waals surface area (Å²) in [6.07, 6.45) is 2.89. The molecule has 3 amide bonds. The second-order valence-electron chi connectivity index (χ2n) is 6.86. The molecule has 0 aliphatic carbocycles. The van der Waals surface area contributed by atoms with Gasteiger partial charge in [0, 0.05) is 19.6 Å². The van der Waals surface area contributed by atoms with Gasteiger partial charge in [0.25, 0.3) is 0 Å². The molecule has 2 heterocycles. The van der Waals surface area contributed by atoms with Crippen molar-refractivity contribution in [3.8, 4) is 0 Å². The Kier molecular flexibility index (Phi) is 5.88. The lowest BCUT2D eigenvalue weighted by molar-refractivity contribution is -0.140. The third kappa shape index (κ3) is 3.88. The first-order valence-electron chi connectivity index (χ1n) is 9.23. The van der Waals surface area contributed by atoms with Crippen LogP contribution in [0.2, 0.25) is 0 Å². The van der Waals surface area contributed by atoms with E-state index in [4.69, 9.17) is 5.73 Å². The third-order valence-electron chi connectivity index (χ3n) is 5.19. The lowest BCUT2D eigenvalue weighted by Gasteiger charge is -2.30. The fourth-order valence-corrected chi connectivity index (χ4v) is 3.83. The topological polar surface area (TPSA) is 95.7 Å². The van der Waals surface area contributed by atoms with Gasteiger partial charge in [-0.05, 0) is 31.2 Å². The fourth-order valence-electron chi connectivity index (χ4n) is 3.83. The molecule has 7 heteroatoms. The maximum Gasteiger partial charge on any atom is 0.318 e. The van der Waals surface area contributed by atoms with E-state index in [-0.39, 0.29) is 24.3 Å². The van der Waals surface area contributed by atoms with Crippen molar-refractivity contribution in [2.45, 2.75) is 44.3 Å². The number of carbonyl (C=O) groups is 3. The average Bonchev–Trinajstić information content (AvgIpc) is 3.35. The molecule has 1 aromatic rings. The lowest BCUT2D eigenvalue weighted by Crippen LogP contribution is -2.53. The molecule has 0 saturated carbocycles. The van der Waals surface area contributed by atoms with Gasteiger partial charge in [-0.15, -0.1) is 0 Å². The largest absolute Gasteiger partial charge is 0.334 e. The predicted molar refractivity (Wildman–Crippen MR) is 97.2 cm³/mol. The molecule has 0 radical (unpaired) electrons. The molecule has 3 rings (SSSR count). The molecule has 0 aromatic heterocycles. The number of Topliss-reactive ketones (excluding diaryl/α,β-unsaturated/α-hetero) is 1. The van der Waals surface area contributed by atoms with Crippen LogP contribution >= 0.6 is 0 Å². The van der Waals surface area contributed by atoms with Crippen LogP contribution in [-0.4, -0.2) is 59.2 Å². The molecule has 2 saturated heterocycles. The molecule has 3 N–H and O–H groups in total. The number of hydrogen-bond acceptors (Lipinski definition) is 4. The van der Waals surface area contributed by atoms with Crippen LogP contribution < -0.4 is 11.1 Å². The summed E-state index contributed by atoms with van der Waals surface area (Å²) in [4.78, 5) is 40.8. The lowest BCUT2D eigenvalue weighted by atomic mass is 10.1. The van der Waals surface area contributed by atoms with Crippen LogP contribution in [0.3, 0.4) is 0 Å². The summed E-state index contributed by atoms with van der Waals surface area (Å²) >= 11 is 0. The maximum atomic E-state index is 13.0. The number of amides is 3. The van der Waals surface area contributed by atoms with Crippen molar-refractivity contribution >= 4 is 17.7 Å². The molecule has 1 aromatic carbocycles. The summed E-state index contributed by atoms with van der Waals surface area (Å²) in [7, 11) is 0. The number of rotatable bonds is 5. The Morgan fingerprint density at radius 3 is 2.35 bits per heavy atom. The summed E-state index contributed by atoms with van der Waals surface area (Å²) in [5.41, 5.74) is 6.49. The quantitative estimate of drug-likeness (QED) is 0.817. The standard InChI is InChI=1S/C19H26N4O3/c20-12-17(24)15-8-4-10-22(15)18(25)16-9-5-11-23(16)19(26)21-13-14-6-2-1-3-7-14/h1-3,6-7,15-16H,4-5,8-13,20H2,(H,21,26)/t15-,16-/m0/s1. The van der Waals surface area contributed by atoms with Crippen LogP contribution in [-0.2, 0) is 16.1 Å². The first-order valence-corrected chi connectivity index (χ1v) is 9.23. The fraction of sp³-hybridized carbons (Fsp3) is 0.526. The highest BCUT2D eigenvalue weighted by Gasteiger charge is 2.41. The van der Waals surface area contributed by atoms with Gasteiger partial charge >= 0.3 is 6.03 Å². The predicted octanol–water partition coefficient (Wildman–Crippen LogP) is 0.879. The van der Waals surface area contributed by atoms with E-state index in [0.717, 1.165) is 18.4 Å². The van der Waals surface area contributed by atoms with Crippen LogP contribution in [0.25, 0.3) is 0 Å². The Morgan fingerprint density at radius 1 is 1.00 bits per heavy atom. The van der Waals surface area contributed by atoms with Gasteiger partial charge in [-0.3, -0.25) is 9.59 Å². The molecule has 26 heavy (non-hydrogen) atoms. The van der Waals surface area contributed by atoms with Gasteiger partial charge in [-0.1, -0.05) is 30.3 Å². The molecule has 2 atom stereocenters. The SMILES string of the molecule is NCC(=O)[C@@H]1CCCN1C(=O)[C@@H]1CCCN1C(=O)NCc1ccccc1. The van der Waals surface area contributed by atoms with Gasteiger partial charge in [0.05, 0.1) is 12.6 Å². The van der Waals surface area contributed by atoms with Crippen molar-refractivity contribution in [1.82, 2.24) is 15.1 Å². The minimum Gasteiger partial charge on any atom is -0.334 e. The molecular weight excluding hydrogens is 332 g/mol. The zero-order chi connectivity index (χ0) is 18.5. The van der Waals surface area contributed by atoms with E-state index in [2.05, 4.69) is 5.32 Å². The molecule has 0 spiro atoms. The molecule has 2 fully saturated rings. The molecule has 7 nitrogen and oxygen atoms in total. The Balaban J connectivity index is 1.62. The van der Waals surface area contributed by atoms with Gasteiger partial charge in [0.15, 0.2) is 5.78 Å². The van der Waals surface area contributed by atoms with Gasteiger partial charge in [0.1, 0.15) is 6.04 Å². The summed E-state index contributed by atoms with van der Waals surface area (Å²) in [5.74, 6) is -0.226. The van der Waals surface area contributed by atoms with Gasteiger partial charge in [0.2, 0.25) is 5.91 Å². The second kappa shape index (κ2) is 8.31. The number of nitrogens with zero attached hydrogens (tertiary/aromatic N) is 2.